The normalized spacial score (nSPS) is 22.3. The van der Waals surface area contributed by atoms with E-state index in [1.165, 1.54) is 12.8 Å². The van der Waals surface area contributed by atoms with Gasteiger partial charge in [-0.15, -0.1) is 0 Å². The number of carbonyl (C=O) groups is 1. The molecule has 1 aromatic rings. The number of likely N-dealkylation sites (N-methyl/N-ethyl adjacent to an activating group) is 1. The summed E-state index contributed by atoms with van der Waals surface area (Å²) >= 11 is 0. The molecule has 1 fully saturated rings. The maximum absolute atomic E-state index is 12.8. The Hall–Kier alpha value is -1.35. The molecule has 0 saturated heterocycles. The highest BCUT2D eigenvalue weighted by Gasteiger charge is 2.27. The molecule has 0 aliphatic heterocycles. The third-order valence-electron chi connectivity index (χ3n) is 4.50. The fraction of sp³-hybridized carbons (Fsp3) is 0.611. The lowest BCUT2D eigenvalue weighted by Crippen LogP contribution is -2.45. The van der Waals surface area contributed by atoms with Gasteiger partial charge in [0.1, 0.15) is 0 Å². The van der Waals surface area contributed by atoms with E-state index in [1.807, 2.05) is 30.3 Å². The Labute approximate surface area is 128 Å². The molecule has 0 N–H and O–H groups in total. The number of amides is 1. The standard InChI is InChI=1S/C18H28N2O/c1-15-9-11-17(12-10-15)20(14-13-19(2)3)18(21)16-7-5-4-6-8-16/h4-8,15,17H,9-14H2,1-3H3/t15-,17-. The molecule has 0 atom stereocenters. The van der Waals surface area contributed by atoms with Crippen molar-refractivity contribution in [1.82, 2.24) is 9.80 Å². The zero-order valence-electron chi connectivity index (χ0n) is 13.6. The minimum atomic E-state index is 0.192. The van der Waals surface area contributed by atoms with E-state index in [0.717, 1.165) is 37.4 Å². The molecule has 0 spiro atoms. The third kappa shape index (κ3) is 4.57. The molecule has 2 rings (SSSR count). The summed E-state index contributed by atoms with van der Waals surface area (Å²) in [6.07, 6.45) is 4.77. The zero-order chi connectivity index (χ0) is 15.2. The second-order valence-corrected chi connectivity index (χ2v) is 6.58. The average molecular weight is 288 g/mol. The molecular weight excluding hydrogens is 260 g/mol. The molecule has 3 nitrogen and oxygen atoms in total. The van der Waals surface area contributed by atoms with Crippen molar-refractivity contribution < 1.29 is 4.79 Å². The number of hydrogen-bond acceptors (Lipinski definition) is 2. The van der Waals surface area contributed by atoms with E-state index >= 15 is 0 Å². The first kappa shape index (κ1) is 16.0. The number of hydrogen-bond donors (Lipinski definition) is 0. The van der Waals surface area contributed by atoms with E-state index in [-0.39, 0.29) is 5.91 Å². The number of rotatable bonds is 5. The van der Waals surface area contributed by atoms with Crippen molar-refractivity contribution in [2.24, 2.45) is 5.92 Å². The highest BCUT2D eigenvalue weighted by Crippen LogP contribution is 2.28. The molecule has 21 heavy (non-hydrogen) atoms. The van der Waals surface area contributed by atoms with Crippen LogP contribution in [0.25, 0.3) is 0 Å². The van der Waals surface area contributed by atoms with Crippen molar-refractivity contribution in [3.8, 4) is 0 Å². The van der Waals surface area contributed by atoms with E-state index < -0.39 is 0 Å². The maximum Gasteiger partial charge on any atom is 0.254 e. The van der Waals surface area contributed by atoms with Crippen molar-refractivity contribution in [3.63, 3.8) is 0 Å². The van der Waals surface area contributed by atoms with Crippen molar-refractivity contribution in [1.29, 1.82) is 0 Å². The number of benzene rings is 1. The summed E-state index contributed by atoms with van der Waals surface area (Å²) < 4.78 is 0. The van der Waals surface area contributed by atoms with Gasteiger partial charge in [-0.2, -0.15) is 0 Å². The van der Waals surface area contributed by atoms with Gasteiger partial charge in [0.25, 0.3) is 5.91 Å². The van der Waals surface area contributed by atoms with Gasteiger partial charge < -0.3 is 9.80 Å². The largest absolute Gasteiger partial charge is 0.334 e. The summed E-state index contributed by atoms with van der Waals surface area (Å²) in [6, 6.07) is 10.1. The Balaban J connectivity index is 2.09. The third-order valence-corrected chi connectivity index (χ3v) is 4.50. The molecule has 1 aliphatic carbocycles. The fourth-order valence-electron chi connectivity index (χ4n) is 3.06. The molecule has 1 aromatic carbocycles. The lowest BCUT2D eigenvalue weighted by atomic mass is 9.86. The van der Waals surface area contributed by atoms with Crippen LogP contribution < -0.4 is 0 Å². The average Bonchev–Trinajstić information content (AvgIpc) is 2.49. The molecule has 0 radical (unpaired) electrons. The van der Waals surface area contributed by atoms with Crippen LogP contribution in [0.15, 0.2) is 30.3 Å². The predicted octanol–water partition coefficient (Wildman–Crippen LogP) is 3.27. The maximum atomic E-state index is 12.8. The first-order valence-corrected chi connectivity index (χ1v) is 8.08. The van der Waals surface area contributed by atoms with Crippen LogP contribution in [0.3, 0.4) is 0 Å². The van der Waals surface area contributed by atoms with Crippen molar-refractivity contribution in [2.75, 3.05) is 27.2 Å². The van der Waals surface area contributed by atoms with Crippen LogP contribution in [0.1, 0.15) is 43.0 Å². The summed E-state index contributed by atoms with van der Waals surface area (Å²) in [5.41, 5.74) is 0.815. The molecule has 0 bridgehead atoms. The van der Waals surface area contributed by atoms with Crippen LogP contribution >= 0.6 is 0 Å². The summed E-state index contributed by atoms with van der Waals surface area (Å²) in [5.74, 6) is 1.00. The lowest BCUT2D eigenvalue weighted by Gasteiger charge is -2.37. The van der Waals surface area contributed by atoms with Crippen molar-refractivity contribution in [3.05, 3.63) is 35.9 Å². The van der Waals surface area contributed by atoms with Crippen molar-refractivity contribution >= 4 is 5.91 Å². The molecule has 0 aromatic heterocycles. The van der Waals surface area contributed by atoms with Crippen LogP contribution in [0.5, 0.6) is 0 Å². The van der Waals surface area contributed by atoms with Crippen LogP contribution in [-0.2, 0) is 0 Å². The van der Waals surface area contributed by atoms with Gasteiger partial charge in [-0.1, -0.05) is 25.1 Å². The van der Waals surface area contributed by atoms with Crippen LogP contribution in [0, 0.1) is 5.92 Å². The van der Waals surface area contributed by atoms with Gasteiger partial charge in [0.15, 0.2) is 0 Å². The Morgan fingerprint density at radius 3 is 2.24 bits per heavy atom. The van der Waals surface area contributed by atoms with Gasteiger partial charge in [-0.25, -0.2) is 0 Å². The minimum Gasteiger partial charge on any atom is -0.334 e. The van der Waals surface area contributed by atoms with Crippen molar-refractivity contribution in [2.45, 2.75) is 38.6 Å². The molecule has 1 saturated carbocycles. The first-order valence-electron chi connectivity index (χ1n) is 8.08. The van der Waals surface area contributed by atoms with E-state index in [9.17, 15) is 4.79 Å². The zero-order valence-corrected chi connectivity index (χ0v) is 13.6. The van der Waals surface area contributed by atoms with Gasteiger partial charge in [-0.05, 0) is 57.8 Å². The molecular formula is C18H28N2O. The minimum absolute atomic E-state index is 0.192. The second kappa shape index (κ2) is 7.60. The predicted molar refractivity (Wildman–Crippen MR) is 87.5 cm³/mol. The van der Waals surface area contributed by atoms with E-state index in [1.54, 1.807) is 0 Å². The topological polar surface area (TPSA) is 23.6 Å². The highest BCUT2D eigenvalue weighted by atomic mass is 16.2. The molecule has 116 valence electrons. The second-order valence-electron chi connectivity index (χ2n) is 6.58. The smallest absolute Gasteiger partial charge is 0.254 e. The number of carbonyl (C=O) groups excluding carboxylic acids is 1. The summed E-state index contributed by atoms with van der Waals surface area (Å²) in [6.45, 7) is 4.06. The van der Waals surface area contributed by atoms with Crippen LogP contribution in [0.4, 0.5) is 0 Å². The Morgan fingerprint density at radius 2 is 1.67 bits per heavy atom. The van der Waals surface area contributed by atoms with Gasteiger partial charge >= 0.3 is 0 Å². The molecule has 0 heterocycles. The van der Waals surface area contributed by atoms with Gasteiger partial charge in [0.05, 0.1) is 0 Å². The van der Waals surface area contributed by atoms with Crippen LogP contribution in [0.2, 0.25) is 0 Å². The lowest BCUT2D eigenvalue weighted by molar-refractivity contribution is 0.0598. The highest BCUT2D eigenvalue weighted by molar-refractivity contribution is 5.94. The van der Waals surface area contributed by atoms with Gasteiger partial charge in [0.2, 0.25) is 0 Å². The first-order chi connectivity index (χ1) is 10.1. The Morgan fingerprint density at radius 1 is 1.05 bits per heavy atom. The van der Waals surface area contributed by atoms with Gasteiger partial charge in [-0.3, -0.25) is 4.79 Å². The molecule has 1 aliphatic rings. The summed E-state index contributed by atoms with van der Waals surface area (Å²) in [5, 5.41) is 0. The number of nitrogens with zero attached hydrogens (tertiary/aromatic N) is 2. The quantitative estimate of drug-likeness (QED) is 0.830. The fourth-order valence-corrected chi connectivity index (χ4v) is 3.06. The molecule has 1 amide bonds. The monoisotopic (exact) mass is 288 g/mol. The Kier molecular flexibility index (Phi) is 5.80. The Bertz CT molecular complexity index is 436. The van der Waals surface area contributed by atoms with E-state index in [0.29, 0.717) is 6.04 Å². The molecule has 3 heteroatoms. The van der Waals surface area contributed by atoms with E-state index in [4.69, 9.17) is 0 Å². The summed E-state index contributed by atoms with van der Waals surface area (Å²) in [4.78, 5) is 17.1. The van der Waals surface area contributed by atoms with E-state index in [2.05, 4.69) is 30.8 Å². The van der Waals surface area contributed by atoms with Crippen LogP contribution in [-0.4, -0.2) is 48.9 Å². The van der Waals surface area contributed by atoms with Gasteiger partial charge in [0, 0.05) is 24.7 Å². The SMILES string of the molecule is CN(C)CCN(C(=O)c1ccccc1)[C@H]1CC[C@H](C)CC1. The molecule has 0 unspecified atom stereocenters. The summed E-state index contributed by atoms with van der Waals surface area (Å²) in [7, 11) is 4.13.